The molecule has 0 spiro atoms. The van der Waals surface area contributed by atoms with Crippen molar-refractivity contribution in [2.24, 2.45) is 10.8 Å². The number of hydrogen-bond acceptors (Lipinski definition) is 5. The summed E-state index contributed by atoms with van der Waals surface area (Å²) in [5.41, 5.74) is 7.58. The largest absolute Gasteiger partial charge is 0.480 e. The fourth-order valence-corrected chi connectivity index (χ4v) is 0.722. The van der Waals surface area contributed by atoms with Crippen LogP contribution in [0.5, 0.6) is 0 Å². The van der Waals surface area contributed by atoms with Gasteiger partial charge < -0.3 is 10.8 Å². The number of hydrazone groups is 1. The summed E-state index contributed by atoms with van der Waals surface area (Å²) >= 11 is 4.27. The number of nitrogens with one attached hydrogen (secondary N) is 1. The van der Waals surface area contributed by atoms with E-state index >= 15 is 0 Å². The smallest absolute Gasteiger partial charge is 0.327 e. The van der Waals surface area contributed by atoms with Crippen LogP contribution in [0.4, 0.5) is 0 Å². The molecule has 4 N–H and O–H groups in total. The number of isothiocyanates is 1. The van der Waals surface area contributed by atoms with E-state index in [9.17, 15) is 4.79 Å². The van der Waals surface area contributed by atoms with Crippen molar-refractivity contribution in [1.82, 2.24) is 5.43 Å². The van der Waals surface area contributed by atoms with E-state index in [2.05, 4.69) is 22.7 Å². The van der Waals surface area contributed by atoms with E-state index in [4.69, 9.17) is 10.8 Å². The first-order valence-electron chi connectivity index (χ1n) is 3.47. The molecule has 0 aromatic rings. The van der Waals surface area contributed by atoms with Crippen LogP contribution in [-0.2, 0) is 4.79 Å². The zero-order valence-electron chi connectivity index (χ0n) is 6.49. The van der Waals surface area contributed by atoms with Gasteiger partial charge in [-0.1, -0.05) is 0 Å². The van der Waals surface area contributed by atoms with Gasteiger partial charge in [0.1, 0.15) is 6.04 Å². The van der Waals surface area contributed by atoms with E-state index in [1.165, 1.54) is 0 Å². The number of nitrogens with zero attached hydrogens (tertiary/aromatic N) is 1. The molecule has 1 atom stereocenters. The van der Waals surface area contributed by atoms with Gasteiger partial charge in [-0.05, 0) is 31.6 Å². The van der Waals surface area contributed by atoms with Crippen molar-refractivity contribution in [3.8, 4) is 0 Å². The number of aliphatic carboxylic acids is 1. The molecule has 0 bridgehead atoms. The summed E-state index contributed by atoms with van der Waals surface area (Å²) in [6, 6.07) is -0.719. The van der Waals surface area contributed by atoms with E-state index in [-0.39, 0.29) is 0 Å². The van der Waals surface area contributed by atoms with Gasteiger partial charge in [-0.3, -0.25) is 5.43 Å². The Morgan fingerprint density at radius 2 is 2.50 bits per heavy atom. The topological polar surface area (TPSA) is 87.7 Å². The first kappa shape index (κ1) is 11.0. The third kappa shape index (κ3) is 4.79. The minimum Gasteiger partial charge on any atom is -0.480 e. The maximum absolute atomic E-state index is 10.5. The Bertz CT molecular complexity index is 191. The maximum atomic E-state index is 10.5. The van der Waals surface area contributed by atoms with E-state index in [1.54, 1.807) is 0 Å². The van der Waals surface area contributed by atoms with Crippen molar-refractivity contribution in [1.29, 1.82) is 0 Å². The van der Waals surface area contributed by atoms with E-state index in [0.717, 1.165) is 0 Å². The van der Waals surface area contributed by atoms with E-state index in [0.29, 0.717) is 19.4 Å². The van der Waals surface area contributed by atoms with Gasteiger partial charge in [0.15, 0.2) is 0 Å². The van der Waals surface area contributed by atoms with E-state index < -0.39 is 12.0 Å². The van der Waals surface area contributed by atoms with Crippen LogP contribution in [0, 0.1) is 0 Å². The van der Waals surface area contributed by atoms with Gasteiger partial charge in [-0.15, -0.1) is 5.10 Å². The first-order valence-corrected chi connectivity index (χ1v) is 3.88. The highest BCUT2D eigenvalue weighted by molar-refractivity contribution is 7.78. The minimum absolute atomic E-state index is 0.437. The van der Waals surface area contributed by atoms with Gasteiger partial charge in [0.25, 0.3) is 0 Å². The summed E-state index contributed by atoms with van der Waals surface area (Å²) in [6.45, 7) is 0.465. The third-order valence-corrected chi connectivity index (χ3v) is 1.35. The molecule has 6 heteroatoms. The molecular weight excluding hydrogens is 178 g/mol. The summed E-state index contributed by atoms with van der Waals surface area (Å²) in [5.74, 6) is -0.961. The Kier molecular flexibility index (Phi) is 6.18. The summed E-state index contributed by atoms with van der Waals surface area (Å²) in [6.07, 6.45) is 1.07. The lowest BCUT2D eigenvalue weighted by Crippen LogP contribution is -2.33. The molecule has 0 saturated heterocycles. The molecule has 12 heavy (non-hydrogen) atoms. The Morgan fingerprint density at radius 1 is 1.83 bits per heavy atom. The highest BCUT2D eigenvalue weighted by Gasteiger charge is 2.14. The maximum Gasteiger partial charge on any atom is 0.327 e. The summed E-state index contributed by atoms with van der Waals surface area (Å²) in [7, 11) is 0. The van der Waals surface area contributed by atoms with E-state index in [1.807, 2.05) is 5.16 Å². The van der Waals surface area contributed by atoms with Gasteiger partial charge in [0.05, 0.1) is 5.16 Å². The zero-order valence-corrected chi connectivity index (χ0v) is 7.30. The molecule has 0 aliphatic carbocycles. The highest BCUT2D eigenvalue weighted by Crippen LogP contribution is 1.95. The fraction of sp³-hybridized carbons (Fsp3) is 0.667. The van der Waals surface area contributed by atoms with Crippen LogP contribution < -0.4 is 11.2 Å². The molecule has 0 aromatic carbocycles. The van der Waals surface area contributed by atoms with Crippen LogP contribution in [-0.4, -0.2) is 28.8 Å². The molecular formula is C6H11N3O2S. The lowest BCUT2D eigenvalue weighted by atomic mass is 10.2. The third-order valence-electron chi connectivity index (χ3n) is 1.26. The molecule has 0 saturated carbocycles. The molecule has 0 amide bonds. The van der Waals surface area contributed by atoms with Crippen LogP contribution in [0.25, 0.3) is 0 Å². The van der Waals surface area contributed by atoms with Crippen LogP contribution in [0.2, 0.25) is 0 Å². The van der Waals surface area contributed by atoms with Gasteiger partial charge >= 0.3 is 5.97 Å². The Hall–Kier alpha value is -0.970. The number of carboxylic acid groups (broad SMARTS) is 1. The average Bonchev–Trinajstić information content (AvgIpc) is 2.04. The van der Waals surface area contributed by atoms with Crippen molar-refractivity contribution in [2.45, 2.75) is 18.9 Å². The predicted octanol–water partition coefficient (Wildman–Crippen LogP) is -0.214. The van der Waals surface area contributed by atoms with Crippen molar-refractivity contribution >= 4 is 23.3 Å². The second kappa shape index (κ2) is 6.72. The summed E-state index contributed by atoms with van der Waals surface area (Å²) in [4.78, 5) is 10.5. The molecule has 68 valence electrons. The monoisotopic (exact) mass is 189 g/mol. The van der Waals surface area contributed by atoms with Crippen molar-refractivity contribution in [3.63, 3.8) is 0 Å². The van der Waals surface area contributed by atoms with Gasteiger partial charge in [-0.25, -0.2) is 4.79 Å². The summed E-state index contributed by atoms with van der Waals surface area (Å²) in [5, 5.41) is 14.0. The van der Waals surface area contributed by atoms with Crippen LogP contribution in [0.3, 0.4) is 0 Å². The molecule has 5 nitrogen and oxygen atoms in total. The Balaban J connectivity index is 3.86. The Labute approximate surface area is 75.6 Å². The number of carboxylic acids is 1. The molecule has 0 radical (unpaired) electrons. The molecule has 0 fully saturated rings. The standard InChI is InChI=1S/C6H11N3O2S/c7-3-1-2-5(6(10)11)9-8-4-12/h5,9H,1-3,7H2,(H,10,11)/t5-/m1/s1. The molecule has 0 aliphatic heterocycles. The van der Waals surface area contributed by atoms with Crippen molar-refractivity contribution < 1.29 is 9.90 Å². The molecule has 0 heterocycles. The first-order chi connectivity index (χ1) is 5.72. The average molecular weight is 189 g/mol. The van der Waals surface area contributed by atoms with Crippen LogP contribution >= 0.6 is 12.2 Å². The number of hydrogen-bond donors (Lipinski definition) is 3. The van der Waals surface area contributed by atoms with Gasteiger partial charge in [-0.2, -0.15) is 0 Å². The van der Waals surface area contributed by atoms with Crippen LogP contribution in [0.15, 0.2) is 5.10 Å². The SMILES string of the molecule is NCCC[C@@H](NN=C=S)C(=O)O. The number of rotatable bonds is 6. The molecule has 0 aromatic heterocycles. The zero-order chi connectivity index (χ0) is 9.40. The fourth-order valence-electron chi connectivity index (χ4n) is 0.669. The second-order valence-corrected chi connectivity index (χ2v) is 2.34. The lowest BCUT2D eigenvalue weighted by molar-refractivity contribution is -0.139. The van der Waals surface area contributed by atoms with Crippen molar-refractivity contribution in [3.05, 3.63) is 0 Å². The lowest BCUT2D eigenvalue weighted by Gasteiger charge is -2.08. The van der Waals surface area contributed by atoms with Gasteiger partial charge in [0, 0.05) is 0 Å². The second-order valence-electron chi connectivity index (χ2n) is 2.15. The van der Waals surface area contributed by atoms with Crippen LogP contribution in [0.1, 0.15) is 12.8 Å². The normalized spacial score (nSPS) is 11.4. The predicted molar refractivity (Wildman–Crippen MR) is 47.9 cm³/mol. The highest BCUT2D eigenvalue weighted by atomic mass is 32.1. The quantitative estimate of drug-likeness (QED) is 0.305. The number of thiocarbonyl (C=S) groups is 1. The van der Waals surface area contributed by atoms with Gasteiger partial charge in [0.2, 0.25) is 0 Å². The van der Waals surface area contributed by atoms with Crippen molar-refractivity contribution in [2.75, 3.05) is 6.54 Å². The molecule has 0 unspecified atom stereocenters. The minimum atomic E-state index is -0.961. The summed E-state index contributed by atoms with van der Waals surface area (Å²) < 4.78 is 0. The number of carbonyl (C=O) groups is 1. The number of nitrogens with two attached hydrogens (primary N) is 1. The molecule has 0 rings (SSSR count). The molecule has 0 aliphatic rings. The Morgan fingerprint density at radius 3 is 2.92 bits per heavy atom.